The van der Waals surface area contributed by atoms with Crippen molar-refractivity contribution in [3.63, 3.8) is 0 Å². The molecule has 1 aromatic rings. The van der Waals surface area contributed by atoms with Gasteiger partial charge in [0.2, 0.25) is 0 Å². The van der Waals surface area contributed by atoms with E-state index in [0.29, 0.717) is 24.6 Å². The Balaban J connectivity index is 2.27. The van der Waals surface area contributed by atoms with Crippen LogP contribution < -0.4 is 5.32 Å². The van der Waals surface area contributed by atoms with Gasteiger partial charge in [-0.3, -0.25) is 14.3 Å². The molecule has 1 heterocycles. The molecule has 7 heteroatoms. The first-order valence-electron chi connectivity index (χ1n) is 4.92. The molecule has 0 radical (unpaired) electrons. The maximum atomic E-state index is 11.1. The van der Waals surface area contributed by atoms with Crippen LogP contribution in [0.4, 0.5) is 5.00 Å². The van der Waals surface area contributed by atoms with E-state index in [4.69, 9.17) is 0 Å². The van der Waals surface area contributed by atoms with Gasteiger partial charge in [-0.15, -0.1) is 0 Å². The van der Waals surface area contributed by atoms with E-state index in [1.807, 2.05) is 6.92 Å². The van der Waals surface area contributed by atoms with Crippen LogP contribution in [-0.4, -0.2) is 27.2 Å². The quantitative estimate of drug-likeness (QED) is 0.459. The Kier molecular flexibility index (Phi) is 5.58. The molecule has 1 rings (SSSR count). The smallest absolute Gasteiger partial charge is 0.311 e. The average Bonchev–Trinajstić information content (AvgIpc) is 2.72. The number of nitrogens with one attached hydrogen (secondary N) is 1. The van der Waals surface area contributed by atoms with Gasteiger partial charge in [0, 0.05) is 46.3 Å². The molecule has 1 atom stereocenters. The minimum Gasteiger partial charge on any atom is -0.311 e. The van der Waals surface area contributed by atoms with Crippen molar-refractivity contribution in [3.8, 4) is 0 Å². The van der Waals surface area contributed by atoms with Gasteiger partial charge < -0.3 is 5.32 Å². The summed E-state index contributed by atoms with van der Waals surface area (Å²) in [4.78, 5) is 11.0. The van der Waals surface area contributed by atoms with Gasteiger partial charge in [-0.25, -0.2) is 0 Å². The Morgan fingerprint density at radius 2 is 2.31 bits per heavy atom. The third kappa shape index (κ3) is 4.38. The molecule has 1 aromatic heterocycles. The first-order chi connectivity index (χ1) is 7.63. The summed E-state index contributed by atoms with van der Waals surface area (Å²) in [6.07, 6.45) is 0. The van der Waals surface area contributed by atoms with Gasteiger partial charge in [0.1, 0.15) is 0 Å². The van der Waals surface area contributed by atoms with Crippen LogP contribution in [0.3, 0.4) is 0 Å². The van der Waals surface area contributed by atoms with Crippen LogP contribution in [0.15, 0.2) is 12.1 Å². The highest BCUT2D eigenvalue weighted by atomic mass is 32.2. The average molecular weight is 262 g/mol. The minimum atomic E-state index is -0.754. The third-order valence-corrected chi connectivity index (χ3v) is 4.30. The summed E-state index contributed by atoms with van der Waals surface area (Å²) < 4.78 is 11.1. The molecule has 0 aromatic carbocycles. The van der Waals surface area contributed by atoms with Gasteiger partial charge in [-0.05, 0) is 6.07 Å². The lowest BCUT2D eigenvalue weighted by Crippen LogP contribution is -2.20. The second-order valence-corrected chi connectivity index (χ2v) is 6.12. The Bertz CT molecular complexity index is 379. The summed E-state index contributed by atoms with van der Waals surface area (Å²) in [6, 6.07) is 3.25. The van der Waals surface area contributed by atoms with Crippen molar-refractivity contribution >= 4 is 27.1 Å². The number of nitro groups is 1. The fourth-order valence-electron chi connectivity index (χ4n) is 1.10. The van der Waals surface area contributed by atoms with Crippen LogP contribution in [0, 0.1) is 10.1 Å². The van der Waals surface area contributed by atoms with Crippen molar-refractivity contribution in [1.29, 1.82) is 0 Å². The van der Waals surface area contributed by atoms with Crippen molar-refractivity contribution in [2.24, 2.45) is 0 Å². The Labute approximate surface area is 100 Å². The summed E-state index contributed by atoms with van der Waals surface area (Å²) in [5, 5.41) is 13.7. The zero-order valence-corrected chi connectivity index (χ0v) is 10.6. The molecule has 90 valence electrons. The lowest BCUT2D eigenvalue weighted by atomic mass is 10.4. The van der Waals surface area contributed by atoms with Gasteiger partial charge >= 0.3 is 5.00 Å². The Hall–Kier alpha value is -0.790. The first-order valence-corrected chi connectivity index (χ1v) is 7.22. The van der Waals surface area contributed by atoms with Crippen LogP contribution in [0.5, 0.6) is 0 Å². The summed E-state index contributed by atoms with van der Waals surface area (Å²) >= 11 is 1.17. The van der Waals surface area contributed by atoms with Crippen LogP contribution in [0.1, 0.15) is 11.8 Å². The molecule has 0 aliphatic carbocycles. The molecule has 0 aliphatic heterocycles. The van der Waals surface area contributed by atoms with Gasteiger partial charge in [0.25, 0.3) is 0 Å². The van der Waals surface area contributed by atoms with Crippen molar-refractivity contribution in [2.45, 2.75) is 13.5 Å². The van der Waals surface area contributed by atoms with E-state index >= 15 is 0 Å². The Morgan fingerprint density at radius 1 is 1.56 bits per heavy atom. The molecule has 0 fully saturated rings. The number of nitrogens with zero attached hydrogens (tertiary/aromatic N) is 1. The van der Waals surface area contributed by atoms with E-state index in [-0.39, 0.29) is 9.92 Å². The third-order valence-electron chi connectivity index (χ3n) is 1.96. The van der Waals surface area contributed by atoms with E-state index < -0.39 is 10.8 Å². The second kappa shape index (κ2) is 6.72. The molecule has 0 aliphatic rings. The molecule has 0 bridgehead atoms. The maximum Gasteiger partial charge on any atom is 0.324 e. The summed E-state index contributed by atoms with van der Waals surface area (Å²) in [5.74, 6) is 1.30. The van der Waals surface area contributed by atoms with Crippen LogP contribution >= 0.6 is 11.3 Å². The lowest BCUT2D eigenvalue weighted by molar-refractivity contribution is -0.380. The van der Waals surface area contributed by atoms with Crippen molar-refractivity contribution in [3.05, 3.63) is 27.1 Å². The van der Waals surface area contributed by atoms with E-state index in [0.717, 1.165) is 4.88 Å². The highest BCUT2D eigenvalue weighted by Crippen LogP contribution is 2.23. The highest BCUT2D eigenvalue weighted by molar-refractivity contribution is 7.84. The van der Waals surface area contributed by atoms with Crippen molar-refractivity contribution < 1.29 is 9.13 Å². The summed E-state index contributed by atoms with van der Waals surface area (Å²) in [7, 11) is -0.754. The molecule has 0 saturated heterocycles. The Morgan fingerprint density at radius 3 is 2.88 bits per heavy atom. The largest absolute Gasteiger partial charge is 0.324 e. The molecule has 1 unspecified atom stereocenters. The van der Waals surface area contributed by atoms with Crippen molar-refractivity contribution in [1.82, 2.24) is 5.32 Å². The fraction of sp³-hybridized carbons (Fsp3) is 0.556. The fourth-order valence-corrected chi connectivity index (χ4v) is 2.55. The molecule has 5 nitrogen and oxygen atoms in total. The van der Waals surface area contributed by atoms with Gasteiger partial charge in [-0.1, -0.05) is 18.3 Å². The molecular weight excluding hydrogens is 248 g/mol. The predicted octanol–water partition coefficient (Wildman–Crippen LogP) is 1.51. The zero-order valence-electron chi connectivity index (χ0n) is 8.97. The first kappa shape index (κ1) is 13.3. The van der Waals surface area contributed by atoms with E-state index in [9.17, 15) is 14.3 Å². The van der Waals surface area contributed by atoms with E-state index in [1.165, 1.54) is 17.4 Å². The minimum absolute atomic E-state index is 0.161. The number of hydrogen-bond donors (Lipinski definition) is 1. The monoisotopic (exact) mass is 262 g/mol. The maximum absolute atomic E-state index is 11.1. The van der Waals surface area contributed by atoms with Gasteiger partial charge in [0.15, 0.2) is 0 Å². The molecule has 0 saturated carbocycles. The molecule has 16 heavy (non-hydrogen) atoms. The number of hydrogen-bond acceptors (Lipinski definition) is 5. The second-order valence-electron chi connectivity index (χ2n) is 3.11. The predicted molar refractivity (Wildman–Crippen MR) is 66.2 cm³/mol. The van der Waals surface area contributed by atoms with Crippen molar-refractivity contribution in [2.75, 3.05) is 18.1 Å². The number of thiophene rings is 1. The van der Waals surface area contributed by atoms with Crippen LogP contribution in [0.25, 0.3) is 0 Å². The van der Waals surface area contributed by atoms with Gasteiger partial charge in [-0.2, -0.15) is 0 Å². The van der Waals surface area contributed by atoms with Gasteiger partial charge in [0.05, 0.1) is 4.92 Å². The van der Waals surface area contributed by atoms with Crippen LogP contribution in [0.2, 0.25) is 0 Å². The number of rotatable bonds is 7. The molecule has 1 N–H and O–H groups in total. The van der Waals surface area contributed by atoms with Crippen LogP contribution in [-0.2, 0) is 17.3 Å². The lowest BCUT2D eigenvalue weighted by Gasteiger charge is -2.01. The highest BCUT2D eigenvalue weighted by Gasteiger charge is 2.08. The molecular formula is C9H14N2O3S2. The van der Waals surface area contributed by atoms with E-state index in [1.54, 1.807) is 6.07 Å². The summed E-state index contributed by atoms with van der Waals surface area (Å²) in [5.41, 5.74) is 0. The molecule has 0 spiro atoms. The topological polar surface area (TPSA) is 72.2 Å². The summed E-state index contributed by atoms with van der Waals surface area (Å²) in [6.45, 7) is 3.16. The molecule has 0 amide bonds. The van der Waals surface area contributed by atoms with E-state index in [2.05, 4.69) is 5.32 Å². The SMILES string of the molecule is CCS(=O)CCNCc1ccc([N+](=O)[O-])s1. The zero-order chi connectivity index (χ0) is 12.0. The normalized spacial score (nSPS) is 12.6. The standard InChI is InChI=1S/C9H14N2O3S2/c1-2-16(14)6-5-10-7-8-3-4-9(15-8)11(12)13/h3-4,10H,2,5-7H2,1H3.